The summed E-state index contributed by atoms with van der Waals surface area (Å²) >= 11 is 6.51. The number of carboxylic acid groups (broad SMARTS) is 1. The van der Waals surface area contributed by atoms with Gasteiger partial charge in [-0.3, -0.25) is 0 Å². The van der Waals surface area contributed by atoms with Crippen molar-refractivity contribution in [2.24, 2.45) is 0 Å². The van der Waals surface area contributed by atoms with Gasteiger partial charge in [0.25, 0.3) is 0 Å². The number of nitrogens with one attached hydrogen (secondary N) is 1. The lowest BCUT2D eigenvalue weighted by Gasteiger charge is -2.27. The Hall–Kier alpha value is -4.38. The molecule has 0 unspecified atom stereocenters. The number of nitrogens with zero attached hydrogens (tertiary/aromatic N) is 5. The second-order valence-electron chi connectivity index (χ2n) is 10.1. The van der Waals surface area contributed by atoms with Crippen molar-refractivity contribution < 1.29 is 23.1 Å². The van der Waals surface area contributed by atoms with Crippen LogP contribution in [0.3, 0.4) is 0 Å². The van der Waals surface area contributed by atoms with E-state index < -0.39 is 23.4 Å². The molecule has 3 aromatic heterocycles. The molecule has 0 fully saturated rings. The van der Waals surface area contributed by atoms with Crippen LogP contribution in [0.15, 0.2) is 48.8 Å². The summed E-state index contributed by atoms with van der Waals surface area (Å²) in [7, 11) is 0. The number of aromatic nitrogens is 5. The Balaban J connectivity index is 1.56. The number of aromatic amines is 1. The van der Waals surface area contributed by atoms with E-state index in [0.29, 0.717) is 24.2 Å². The number of carbonyl (C=O) groups is 1. The standard InChI is InChI=1S/C30H26ClF3N6O2/c1-3-16-6-5-7-17(4-2)26(16)40-27(19-8-9-22(31)24-18(19)10-12-35-24)20-15-39(13-11-23(20)38-40)29-36-14-21(30(32,33)34)25(37-29)28(41)42/h5-10,12,14,35H,3-4,11,13,15H2,1-2H3,(H,41,42). The van der Waals surface area contributed by atoms with Gasteiger partial charge in [0.05, 0.1) is 27.6 Å². The third-order valence-electron chi connectivity index (χ3n) is 7.71. The molecule has 0 spiro atoms. The van der Waals surface area contributed by atoms with Gasteiger partial charge < -0.3 is 15.0 Å². The Bertz CT molecular complexity index is 1820. The summed E-state index contributed by atoms with van der Waals surface area (Å²) < 4.78 is 42.4. The first-order valence-corrected chi connectivity index (χ1v) is 13.9. The predicted octanol–water partition coefficient (Wildman–Crippen LogP) is 6.87. The predicted molar refractivity (Wildman–Crippen MR) is 153 cm³/mol. The van der Waals surface area contributed by atoms with Crippen LogP contribution in [0, 0.1) is 0 Å². The topological polar surface area (TPSA) is 99.9 Å². The van der Waals surface area contributed by atoms with E-state index in [2.05, 4.69) is 40.9 Å². The van der Waals surface area contributed by atoms with Gasteiger partial charge in [-0.05, 0) is 36.1 Å². The minimum atomic E-state index is -4.89. The minimum Gasteiger partial charge on any atom is -0.476 e. The zero-order chi connectivity index (χ0) is 29.8. The monoisotopic (exact) mass is 594 g/mol. The lowest BCUT2D eigenvalue weighted by atomic mass is 9.97. The molecule has 0 saturated heterocycles. The van der Waals surface area contributed by atoms with Gasteiger partial charge in [-0.25, -0.2) is 19.4 Å². The smallest absolute Gasteiger partial charge is 0.420 e. The Morgan fingerprint density at radius 3 is 2.52 bits per heavy atom. The molecule has 0 saturated carbocycles. The average molecular weight is 595 g/mol. The first-order valence-electron chi connectivity index (χ1n) is 13.5. The molecule has 1 aliphatic heterocycles. The van der Waals surface area contributed by atoms with Crippen LogP contribution >= 0.6 is 11.6 Å². The van der Waals surface area contributed by atoms with E-state index >= 15 is 0 Å². The number of aryl methyl sites for hydroxylation is 2. The van der Waals surface area contributed by atoms with Crippen LogP contribution in [0.25, 0.3) is 27.8 Å². The summed E-state index contributed by atoms with van der Waals surface area (Å²) in [5, 5.41) is 16.1. The molecular weight excluding hydrogens is 569 g/mol. The highest BCUT2D eigenvalue weighted by molar-refractivity contribution is 6.35. The number of aromatic carboxylic acids is 1. The molecule has 1 aliphatic rings. The van der Waals surface area contributed by atoms with Crippen LogP contribution in [0.4, 0.5) is 19.1 Å². The van der Waals surface area contributed by atoms with Gasteiger partial charge in [0.2, 0.25) is 5.95 Å². The SMILES string of the molecule is CCc1cccc(CC)c1-n1nc2c(c1-c1ccc(Cl)c3[nH]ccc13)CN(c1ncc(C(F)(F)F)c(C(=O)O)n1)CC2. The normalized spacial score (nSPS) is 13.5. The van der Waals surface area contributed by atoms with Crippen molar-refractivity contribution in [3.8, 4) is 16.9 Å². The molecule has 0 aliphatic carbocycles. The number of hydrogen-bond donors (Lipinski definition) is 2. The largest absolute Gasteiger partial charge is 0.476 e. The van der Waals surface area contributed by atoms with E-state index in [1.807, 2.05) is 35.1 Å². The third-order valence-corrected chi connectivity index (χ3v) is 8.02. The number of anilines is 1. The van der Waals surface area contributed by atoms with Gasteiger partial charge in [0.1, 0.15) is 5.56 Å². The van der Waals surface area contributed by atoms with Crippen LogP contribution in [0.2, 0.25) is 5.02 Å². The zero-order valence-corrected chi connectivity index (χ0v) is 23.5. The van der Waals surface area contributed by atoms with Crippen LogP contribution < -0.4 is 4.90 Å². The lowest BCUT2D eigenvalue weighted by Crippen LogP contribution is -2.32. The Morgan fingerprint density at radius 2 is 1.86 bits per heavy atom. The van der Waals surface area contributed by atoms with E-state index in [-0.39, 0.29) is 12.5 Å². The Kier molecular flexibility index (Phi) is 6.92. The van der Waals surface area contributed by atoms with Crippen molar-refractivity contribution in [1.29, 1.82) is 0 Å². The highest BCUT2D eigenvalue weighted by atomic mass is 35.5. The second-order valence-corrected chi connectivity index (χ2v) is 10.5. The van der Waals surface area contributed by atoms with Gasteiger partial charge in [-0.1, -0.05) is 49.7 Å². The fourth-order valence-corrected chi connectivity index (χ4v) is 5.91. The first-order chi connectivity index (χ1) is 20.1. The molecule has 42 heavy (non-hydrogen) atoms. The van der Waals surface area contributed by atoms with Gasteiger partial charge in [-0.2, -0.15) is 18.3 Å². The number of para-hydroxylation sites is 1. The molecule has 5 aromatic rings. The summed E-state index contributed by atoms with van der Waals surface area (Å²) in [5.74, 6) is -1.85. The second kappa shape index (κ2) is 10.5. The Labute approximate surface area is 243 Å². The number of rotatable bonds is 6. The molecule has 2 N–H and O–H groups in total. The minimum absolute atomic E-state index is 0.0872. The van der Waals surface area contributed by atoms with E-state index in [9.17, 15) is 23.1 Å². The van der Waals surface area contributed by atoms with E-state index in [4.69, 9.17) is 16.7 Å². The molecule has 6 rings (SSSR count). The van der Waals surface area contributed by atoms with Gasteiger partial charge in [0.15, 0.2) is 5.69 Å². The number of carboxylic acids is 1. The fourth-order valence-electron chi connectivity index (χ4n) is 5.69. The summed E-state index contributed by atoms with van der Waals surface area (Å²) in [5.41, 5.74) is 4.99. The molecule has 216 valence electrons. The number of H-pyrrole nitrogens is 1. The molecule has 0 bridgehead atoms. The number of fused-ring (bicyclic) bond motifs is 2. The van der Waals surface area contributed by atoms with Crippen molar-refractivity contribution in [2.75, 3.05) is 11.4 Å². The maximum absolute atomic E-state index is 13.5. The van der Waals surface area contributed by atoms with Crippen molar-refractivity contribution >= 4 is 34.4 Å². The van der Waals surface area contributed by atoms with Crippen LogP contribution in [0.5, 0.6) is 0 Å². The third kappa shape index (κ3) is 4.57. The van der Waals surface area contributed by atoms with E-state index in [1.54, 1.807) is 4.90 Å². The quantitative estimate of drug-likeness (QED) is 0.223. The first kappa shape index (κ1) is 27.8. The van der Waals surface area contributed by atoms with Crippen LogP contribution in [0.1, 0.15) is 52.3 Å². The van der Waals surface area contributed by atoms with Gasteiger partial charge in [-0.15, -0.1) is 0 Å². The molecule has 0 amide bonds. The number of alkyl halides is 3. The van der Waals surface area contributed by atoms with E-state index in [0.717, 1.165) is 63.1 Å². The van der Waals surface area contributed by atoms with E-state index in [1.165, 1.54) is 0 Å². The number of benzene rings is 2. The highest BCUT2D eigenvalue weighted by Crippen LogP contribution is 2.40. The summed E-state index contributed by atoms with van der Waals surface area (Å²) in [4.78, 5) is 24.4. The molecule has 0 radical (unpaired) electrons. The van der Waals surface area contributed by atoms with Crippen molar-refractivity contribution in [3.05, 3.63) is 87.5 Å². The maximum atomic E-state index is 13.5. The van der Waals surface area contributed by atoms with Crippen molar-refractivity contribution in [1.82, 2.24) is 24.7 Å². The van der Waals surface area contributed by atoms with Crippen LogP contribution in [-0.4, -0.2) is 42.4 Å². The highest BCUT2D eigenvalue weighted by Gasteiger charge is 2.38. The Morgan fingerprint density at radius 1 is 1.12 bits per heavy atom. The lowest BCUT2D eigenvalue weighted by molar-refractivity contribution is -0.138. The summed E-state index contributed by atoms with van der Waals surface area (Å²) in [6.45, 7) is 4.76. The van der Waals surface area contributed by atoms with Crippen molar-refractivity contribution in [3.63, 3.8) is 0 Å². The number of hydrogen-bond acceptors (Lipinski definition) is 5. The zero-order valence-electron chi connectivity index (χ0n) is 22.8. The molecular formula is C30H26ClF3N6O2. The van der Waals surface area contributed by atoms with Gasteiger partial charge >= 0.3 is 12.1 Å². The summed E-state index contributed by atoms with van der Waals surface area (Å²) in [6.07, 6.45) is -0.495. The maximum Gasteiger partial charge on any atom is 0.420 e. The molecule has 0 atom stereocenters. The van der Waals surface area contributed by atoms with Crippen molar-refractivity contribution in [2.45, 2.75) is 45.8 Å². The molecule has 12 heteroatoms. The number of halogens is 4. The average Bonchev–Trinajstić information content (AvgIpc) is 3.62. The molecule has 4 heterocycles. The van der Waals surface area contributed by atoms with Crippen LogP contribution in [-0.2, 0) is 32.0 Å². The van der Waals surface area contributed by atoms with Gasteiger partial charge in [0, 0.05) is 48.4 Å². The molecule has 2 aromatic carbocycles. The summed E-state index contributed by atoms with van der Waals surface area (Å²) in [6, 6.07) is 11.9. The molecule has 8 nitrogen and oxygen atoms in total. The fraction of sp³-hybridized carbons (Fsp3) is 0.267.